The molecule has 0 saturated carbocycles. The highest BCUT2D eigenvalue weighted by molar-refractivity contribution is 6.03. The molecule has 1 aliphatic rings. The van der Waals surface area contributed by atoms with Crippen molar-refractivity contribution in [2.45, 2.75) is 45.3 Å². The van der Waals surface area contributed by atoms with Gasteiger partial charge in [-0.2, -0.15) is 0 Å². The average Bonchev–Trinajstić information content (AvgIpc) is 3.11. The van der Waals surface area contributed by atoms with Crippen molar-refractivity contribution in [3.8, 4) is 0 Å². The molecule has 31 heavy (non-hydrogen) atoms. The second-order valence-corrected chi connectivity index (χ2v) is 8.71. The number of anilines is 1. The number of hydrogen-bond acceptors (Lipinski definition) is 5. The van der Waals surface area contributed by atoms with E-state index in [1.54, 1.807) is 23.2 Å². The van der Waals surface area contributed by atoms with Crippen molar-refractivity contribution >= 4 is 29.0 Å². The van der Waals surface area contributed by atoms with E-state index in [9.17, 15) is 9.59 Å². The van der Waals surface area contributed by atoms with Gasteiger partial charge < -0.3 is 14.2 Å². The molecule has 4 rings (SSSR count). The van der Waals surface area contributed by atoms with Crippen molar-refractivity contribution in [1.29, 1.82) is 0 Å². The first-order chi connectivity index (χ1) is 14.8. The lowest BCUT2D eigenvalue weighted by Gasteiger charge is -2.35. The number of amides is 2. The molecule has 8 heteroatoms. The van der Waals surface area contributed by atoms with Crippen molar-refractivity contribution in [1.82, 2.24) is 19.4 Å². The Morgan fingerprint density at radius 1 is 1.16 bits per heavy atom. The van der Waals surface area contributed by atoms with Gasteiger partial charge in [-0.3, -0.25) is 15.1 Å². The summed E-state index contributed by atoms with van der Waals surface area (Å²) in [6.45, 7) is 6.73. The van der Waals surface area contributed by atoms with Gasteiger partial charge in [-0.15, -0.1) is 0 Å². The van der Waals surface area contributed by atoms with Crippen LogP contribution in [0.2, 0.25) is 0 Å². The predicted molar refractivity (Wildman–Crippen MR) is 118 cm³/mol. The van der Waals surface area contributed by atoms with E-state index >= 15 is 0 Å². The number of ether oxygens (including phenoxy) is 1. The molecule has 8 nitrogen and oxygen atoms in total. The average molecular weight is 422 g/mol. The zero-order chi connectivity index (χ0) is 22.0. The van der Waals surface area contributed by atoms with Gasteiger partial charge in [0.25, 0.3) is 5.91 Å². The third kappa shape index (κ3) is 4.68. The van der Waals surface area contributed by atoms with Crippen molar-refractivity contribution < 1.29 is 14.3 Å². The summed E-state index contributed by atoms with van der Waals surface area (Å²) in [5.74, 6) is 0.190. The number of para-hydroxylation sites is 2. The Morgan fingerprint density at radius 2 is 1.97 bits per heavy atom. The Hall–Kier alpha value is -3.42. The number of benzene rings is 1. The van der Waals surface area contributed by atoms with Crippen LogP contribution in [0, 0.1) is 0 Å². The second-order valence-electron chi connectivity index (χ2n) is 8.71. The molecule has 1 fully saturated rings. The van der Waals surface area contributed by atoms with Gasteiger partial charge in [0.2, 0.25) is 5.95 Å². The molecule has 3 aromatic rings. The molecule has 1 aliphatic heterocycles. The first kappa shape index (κ1) is 20.8. The molecule has 0 spiro atoms. The van der Waals surface area contributed by atoms with E-state index in [1.807, 2.05) is 49.6 Å². The van der Waals surface area contributed by atoms with Crippen LogP contribution >= 0.6 is 0 Å². The number of carbonyl (C=O) groups excluding carboxylic acids is 2. The standard InChI is InChI=1S/C23H27N5O3/c1-23(2,3)31-22(30)27-13-7-9-17(15-27)28-19-11-5-4-10-18(19)25-21(28)26-20(29)16-8-6-12-24-14-16/h4-6,8,10-12,14,17H,7,9,13,15H2,1-3H3,(H,25,26,29). The van der Waals surface area contributed by atoms with Crippen molar-refractivity contribution in [3.05, 3.63) is 54.4 Å². The summed E-state index contributed by atoms with van der Waals surface area (Å²) < 4.78 is 7.60. The molecular formula is C23H27N5O3. The van der Waals surface area contributed by atoms with Crippen LogP contribution in [-0.2, 0) is 4.74 Å². The monoisotopic (exact) mass is 421 g/mol. The Kier molecular flexibility index (Phi) is 5.63. The third-order valence-corrected chi connectivity index (χ3v) is 5.16. The first-order valence-corrected chi connectivity index (χ1v) is 10.5. The number of nitrogens with one attached hydrogen (secondary N) is 1. The van der Waals surface area contributed by atoms with E-state index < -0.39 is 5.60 Å². The number of likely N-dealkylation sites (tertiary alicyclic amines) is 1. The highest BCUT2D eigenvalue weighted by atomic mass is 16.6. The van der Waals surface area contributed by atoms with Gasteiger partial charge in [0.05, 0.1) is 22.6 Å². The van der Waals surface area contributed by atoms with Crippen LogP contribution in [0.1, 0.15) is 50.0 Å². The molecule has 1 aromatic carbocycles. The summed E-state index contributed by atoms with van der Waals surface area (Å²) in [5.41, 5.74) is 1.62. The van der Waals surface area contributed by atoms with Crippen LogP contribution < -0.4 is 5.32 Å². The molecule has 1 unspecified atom stereocenters. The Morgan fingerprint density at radius 3 is 2.71 bits per heavy atom. The van der Waals surface area contributed by atoms with Crippen LogP contribution in [-0.4, -0.2) is 50.1 Å². The van der Waals surface area contributed by atoms with Gasteiger partial charge in [0.1, 0.15) is 5.60 Å². The zero-order valence-electron chi connectivity index (χ0n) is 18.0. The summed E-state index contributed by atoms with van der Waals surface area (Å²) in [5, 5.41) is 2.93. The molecule has 162 valence electrons. The first-order valence-electron chi connectivity index (χ1n) is 10.5. The van der Waals surface area contributed by atoms with Crippen LogP contribution in [0.15, 0.2) is 48.8 Å². The Balaban J connectivity index is 1.64. The van der Waals surface area contributed by atoms with E-state index in [-0.39, 0.29) is 18.0 Å². The number of piperidine rings is 1. The van der Waals surface area contributed by atoms with Crippen molar-refractivity contribution in [2.24, 2.45) is 0 Å². The highest BCUT2D eigenvalue weighted by Gasteiger charge is 2.30. The van der Waals surface area contributed by atoms with E-state index in [0.717, 1.165) is 23.9 Å². The molecule has 1 atom stereocenters. The number of fused-ring (bicyclic) bond motifs is 1. The van der Waals surface area contributed by atoms with E-state index in [0.29, 0.717) is 24.6 Å². The lowest BCUT2D eigenvalue weighted by Crippen LogP contribution is -2.43. The maximum atomic E-state index is 12.8. The lowest BCUT2D eigenvalue weighted by molar-refractivity contribution is 0.0174. The molecule has 0 radical (unpaired) electrons. The number of carbonyl (C=O) groups is 2. The van der Waals surface area contributed by atoms with Gasteiger partial charge in [-0.05, 0) is 57.9 Å². The highest BCUT2D eigenvalue weighted by Crippen LogP contribution is 2.31. The summed E-state index contributed by atoms with van der Waals surface area (Å²) in [6, 6.07) is 11.2. The zero-order valence-corrected chi connectivity index (χ0v) is 18.0. The minimum Gasteiger partial charge on any atom is -0.444 e. The van der Waals surface area contributed by atoms with E-state index in [4.69, 9.17) is 4.74 Å². The molecule has 1 N–H and O–H groups in total. The summed E-state index contributed by atoms with van der Waals surface area (Å²) in [4.78, 5) is 35.8. The number of hydrogen-bond donors (Lipinski definition) is 1. The maximum absolute atomic E-state index is 12.8. The minimum atomic E-state index is -0.547. The topological polar surface area (TPSA) is 89.4 Å². The smallest absolute Gasteiger partial charge is 0.410 e. The normalized spacial score (nSPS) is 16.9. The number of pyridine rings is 1. The van der Waals surface area contributed by atoms with Crippen molar-refractivity contribution in [2.75, 3.05) is 18.4 Å². The molecule has 2 aromatic heterocycles. The van der Waals surface area contributed by atoms with Gasteiger partial charge in [-0.1, -0.05) is 12.1 Å². The number of imidazole rings is 1. The third-order valence-electron chi connectivity index (χ3n) is 5.16. The van der Waals surface area contributed by atoms with Crippen LogP contribution in [0.4, 0.5) is 10.7 Å². The summed E-state index contributed by atoms with van der Waals surface area (Å²) in [6.07, 6.45) is 4.54. The summed E-state index contributed by atoms with van der Waals surface area (Å²) in [7, 11) is 0. The molecule has 0 aliphatic carbocycles. The second kappa shape index (κ2) is 8.37. The molecule has 0 bridgehead atoms. The van der Waals surface area contributed by atoms with Gasteiger partial charge in [0, 0.05) is 25.5 Å². The Bertz CT molecular complexity index is 1090. The number of rotatable bonds is 3. The fourth-order valence-electron chi connectivity index (χ4n) is 3.83. The van der Waals surface area contributed by atoms with Gasteiger partial charge in [-0.25, -0.2) is 9.78 Å². The van der Waals surface area contributed by atoms with E-state index in [1.165, 1.54) is 6.20 Å². The van der Waals surface area contributed by atoms with Crippen LogP contribution in [0.3, 0.4) is 0 Å². The maximum Gasteiger partial charge on any atom is 0.410 e. The lowest BCUT2D eigenvalue weighted by atomic mass is 10.1. The number of nitrogens with zero attached hydrogens (tertiary/aromatic N) is 4. The Labute approximate surface area is 181 Å². The van der Waals surface area contributed by atoms with Crippen molar-refractivity contribution in [3.63, 3.8) is 0 Å². The van der Waals surface area contributed by atoms with Gasteiger partial charge >= 0.3 is 6.09 Å². The fourth-order valence-corrected chi connectivity index (χ4v) is 3.83. The largest absolute Gasteiger partial charge is 0.444 e. The SMILES string of the molecule is CC(C)(C)OC(=O)N1CCCC(n2c(NC(=O)c3cccnc3)nc3ccccc32)C1. The molecule has 3 heterocycles. The fraction of sp³-hybridized carbons (Fsp3) is 0.391. The minimum absolute atomic E-state index is 0.0298. The predicted octanol–water partition coefficient (Wildman–Crippen LogP) is 4.26. The van der Waals surface area contributed by atoms with Crippen LogP contribution in [0.5, 0.6) is 0 Å². The molecule has 1 saturated heterocycles. The van der Waals surface area contributed by atoms with Gasteiger partial charge in [0.15, 0.2) is 0 Å². The number of aromatic nitrogens is 3. The van der Waals surface area contributed by atoms with Crippen LogP contribution in [0.25, 0.3) is 11.0 Å². The van der Waals surface area contributed by atoms with E-state index in [2.05, 4.69) is 15.3 Å². The molecule has 2 amide bonds. The quantitative estimate of drug-likeness (QED) is 0.683. The molecular weight excluding hydrogens is 394 g/mol. The summed E-state index contributed by atoms with van der Waals surface area (Å²) >= 11 is 0.